The summed E-state index contributed by atoms with van der Waals surface area (Å²) in [5, 5.41) is 176. The van der Waals surface area contributed by atoms with Crippen molar-refractivity contribution < 1.29 is 191 Å². The van der Waals surface area contributed by atoms with E-state index in [1.807, 2.05) is 0 Å². The van der Waals surface area contributed by atoms with E-state index in [-0.39, 0.29) is 24.2 Å². The summed E-state index contributed by atoms with van der Waals surface area (Å²) in [7, 11) is 0. The van der Waals surface area contributed by atoms with E-state index in [1.165, 1.54) is 13.8 Å². The van der Waals surface area contributed by atoms with Crippen LogP contribution >= 0.6 is 0 Å². The van der Waals surface area contributed by atoms with E-state index < -0.39 is 304 Å². The maximum absolute atomic E-state index is 16.2. The summed E-state index contributed by atoms with van der Waals surface area (Å²) in [6.07, 6.45) is -55.4. The first-order valence-electron chi connectivity index (χ1n) is 39.6. The Morgan fingerprint density at radius 2 is 0.983 bits per heavy atom. The van der Waals surface area contributed by atoms with Crippen LogP contribution in [0.15, 0.2) is 11.6 Å². The number of aldehydes is 1. The van der Waals surface area contributed by atoms with Gasteiger partial charge in [-0.15, -0.1) is 0 Å². The van der Waals surface area contributed by atoms with E-state index >= 15 is 4.79 Å². The van der Waals surface area contributed by atoms with Gasteiger partial charge in [-0.2, -0.15) is 0 Å². The van der Waals surface area contributed by atoms with Crippen LogP contribution in [0.4, 0.5) is 0 Å². The van der Waals surface area contributed by atoms with Crippen LogP contribution in [0.25, 0.3) is 0 Å². The average Bonchev–Trinajstić information content (AvgIpc) is 0.673. The van der Waals surface area contributed by atoms with Gasteiger partial charge >= 0.3 is 29.8 Å². The molecule has 0 spiro atoms. The number of carbonyl (C=O) groups is 6. The molecule has 654 valence electrons. The van der Waals surface area contributed by atoms with Gasteiger partial charge in [-0.25, -0.2) is 4.79 Å². The highest BCUT2D eigenvalue weighted by molar-refractivity contribution is 5.79. The summed E-state index contributed by atoms with van der Waals surface area (Å²) < 4.78 is 103. The van der Waals surface area contributed by atoms with E-state index in [0.717, 1.165) is 32.6 Å². The molecule has 7 aliphatic heterocycles. The zero-order valence-corrected chi connectivity index (χ0v) is 66.0. The van der Waals surface area contributed by atoms with Crippen LogP contribution < -0.4 is 0 Å². The van der Waals surface area contributed by atoms with Crippen LogP contribution in [0, 0.1) is 50.2 Å². The van der Waals surface area contributed by atoms with Gasteiger partial charge in [0.2, 0.25) is 6.29 Å². The van der Waals surface area contributed by atoms with E-state index in [2.05, 4.69) is 40.7 Å². The van der Waals surface area contributed by atoms with Crippen molar-refractivity contribution in [1.29, 1.82) is 0 Å². The van der Waals surface area contributed by atoms with Crippen molar-refractivity contribution in [3.63, 3.8) is 0 Å². The Hall–Kier alpha value is -4.36. The maximum atomic E-state index is 16.2. The molecule has 16 N–H and O–H groups in total. The maximum Gasteiger partial charge on any atom is 0.335 e. The van der Waals surface area contributed by atoms with Crippen molar-refractivity contribution in [2.24, 2.45) is 50.2 Å². The molecule has 4 saturated carbocycles. The molecule has 5 aliphatic carbocycles. The number of ether oxygens (including phenoxy) is 17. The van der Waals surface area contributed by atoms with Gasteiger partial charge in [-0.05, 0) is 117 Å². The average molecular weight is 1650 g/mol. The predicted molar refractivity (Wildman–Crippen MR) is 375 cm³/mol. The summed E-state index contributed by atoms with van der Waals surface area (Å²) in [5.41, 5.74) is -3.97. The highest BCUT2D eigenvalue weighted by Crippen LogP contribution is 2.76. The summed E-state index contributed by atoms with van der Waals surface area (Å²) in [6.45, 7) is 15.9. The SMILES string of the molecule is CC(=O)OC[C@H]1O[C@@H](O[C@H]2[C@@H](O)[C@H](O[C@H]3[C@H](OC(=O)[C@]45CCC(C)(C)C[C@H]4C4=CCC6[C@@]7(C)CC[C@H](O[C@@H]8O[C@H](C(=O)O)[C@@H](O)[C@H](O[C@@H]9OC[C@@H](O)[C@H](O)[C@H]9O)[C@H]8O[C@@H]8O[C@H](CO)[C@H](O)[C@H](O)[C@H]8O)[C@@](C)(C=O)C7CC[C@@]6(C)[C@]4(C)CC5)O[C@H](C)[C@H](OC(C)=O)[C@@H]3OC(C)=O)O[C@@H](C)[C@@H]2O[C@@H]2OC[C@@H](O)[C@H](O)[C@H]2O)[C@H](O)[C@@H](O)[C@@H]1O. The van der Waals surface area contributed by atoms with Gasteiger partial charge < -0.3 is 167 Å². The monoisotopic (exact) mass is 1650 g/mol. The van der Waals surface area contributed by atoms with Gasteiger partial charge in [0.05, 0.1) is 49.0 Å². The zero-order valence-electron chi connectivity index (χ0n) is 66.0. The molecule has 115 heavy (non-hydrogen) atoms. The number of carbonyl (C=O) groups excluding carboxylic acids is 5. The lowest BCUT2D eigenvalue weighted by molar-refractivity contribution is -0.394. The fourth-order valence-electron chi connectivity index (χ4n) is 21.0. The van der Waals surface area contributed by atoms with Crippen molar-refractivity contribution in [3.05, 3.63) is 11.6 Å². The van der Waals surface area contributed by atoms with Crippen LogP contribution in [-0.4, -0.2) is 353 Å². The Kier molecular flexibility index (Phi) is 27.0. The lowest BCUT2D eigenvalue weighted by Gasteiger charge is -2.71. The molecule has 39 nitrogen and oxygen atoms in total. The minimum Gasteiger partial charge on any atom is -0.479 e. The molecule has 42 atom stereocenters. The molecule has 7 saturated heterocycles. The van der Waals surface area contributed by atoms with Crippen molar-refractivity contribution >= 4 is 36.1 Å². The first kappa shape index (κ1) is 89.9. The number of carboxylic acid groups (broad SMARTS) is 1. The topological polar surface area (TPSA) is 583 Å². The standard InChI is InChI=1S/C76H116O39/c1-28-54(109-63-48(90)42(84)35(82)24-100-63)57(111-66-51(93)47(89)45(87)38(107-66)26-99-30(3)79)53(95)67(102-28)114-61-59(105-32(5)81)55(104-31(4)80)29(2)103-68(61)115-70(98)76-20-18-71(6,7)22-34(76)33-12-13-40-72(8)16-15-41(73(9,27-78)39(72)14-17-75(40,11)74(33,10)19-21-76)108-69-60(113-65-50(92)46(88)44(86)37(23-77)106-65)56(52(94)58(112-69)62(96)97)110-64-49(91)43(85)36(83)25-101-64/h12,27-29,34-61,63-69,77,82-95H,13-26H2,1-11H3,(H,96,97)/t28-,29+,34-,35+,36+,37+,38+,39?,40?,41-,42-,43-,44-,45+,46-,47-,48+,49+,50+,51+,52-,53+,54-,55-,56-,57-,58-,59-,60+,61+,63-,64-,65-,66-,67-,68-,69+,72-,73-,74+,75+,76-/m0/s1. The van der Waals surface area contributed by atoms with Crippen molar-refractivity contribution in [3.8, 4) is 0 Å². The molecular weight excluding hydrogens is 1540 g/mol. The van der Waals surface area contributed by atoms with E-state index in [9.17, 15) is 106 Å². The minimum atomic E-state index is -2.23. The second-order valence-electron chi connectivity index (χ2n) is 35.3. The van der Waals surface area contributed by atoms with E-state index in [4.69, 9.17) is 80.5 Å². The number of allylic oxidation sites excluding steroid dienone is 2. The smallest absolute Gasteiger partial charge is 0.335 e. The Morgan fingerprint density at radius 3 is 1.56 bits per heavy atom. The molecule has 39 heteroatoms. The first-order valence-corrected chi connectivity index (χ1v) is 39.6. The van der Waals surface area contributed by atoms with E-state index in [1.54, 1.807) is 6.92 Å². The zero-order chi connectivity index (χ0) is 84.2. The molecular formula is C76H116O39. The number of esters is 4. The highest BCUT2D eigenvalue weighted by Gasteiger charge is 2.72. The van der Waals surface area contributed by atoms with Gasteiger partial charge in [-0.1, -0.05) is 53.2 Å². The highest BCUT2D eigenvalue weighted by atomic mass is 16.8. The van der Waals surface area contributed by atoms with Crippen LogP contribution in [0.5, 0.6) is 0 Å². The molecule has 11 fully saturated rings. The molecule has 0 bridgehead atoms. The lowest BCUT2D eigenvalue weighted by Crippen LogP contribution is -2.69. The van der Waals surface area contributed by atoms with Crippen LogP contribution in [0.1, 0.15) is 140 Å². The van der Waals surface area contributed by atoms with Crippen LogP contribution in [-0.2, 0) is 109 Å². The number of aliphatic carboxylic acids is 1. The molecule has 0 aromatic carbocycles. The molecule has 0 aromatic heterocycles. The summed E-state index contributed by atoms with van der Waals surface area (Å²) >= 11 is 0. The normalized spacial score (nSPS) is 51.1. The molecule has 12 aliphatic rings. The number of fused-ring (bicyclic) bond motifs is 7. The third-order valence-electron chi connectivity index (χ3n) is 27.7. The number of hydrogen-bond acceptors (Lipinski definition) is 38. The van der Waals surface area contributed by atoms with Gasteiger partial charge in [0.15, 0.2) is 62.2 Å². The molecule has 7 heterocycles. The quantitative estimate of drug-likeness (QED) is 0.0170. The number of carboxylic acids is 1. The Balaban J connectivity index is 0.837. The third-order valence-corrected chi connectivity index (χ3v) is 27.7. The largest absolute Gasteiger partial charge is 0.479 e. The van der Waals surface area contributed by atoms with E-state index in [0.29, 0.717) is 51.4 Å². The molecule has 12 rings (SSSR count). The van der Waals surface area contributed by atoms with Crippen LogP contribution in [0.3, 0.4) is 0 Å². The number of aliphatic hydroxyl groups excluding tert-OH is 15. The fraction of sp³-hybridized carbons (Fsp3) is 0.895. The molecule has 0 aromatic rings. The molecule has 0 radical (unpaired) electrons. The number of aliphatic hydroxyl groups is 15. The lowest BCUT2D eigenvalue weighted by atomic mass is 9.33. The molecule has 2 unspecified atom stereocenters. The fourth-order valence-corrected chi connectivity index (χ4v) is 21.0. The van der Waals surface area contributed by atoms with Gasteiger partial charge in [0.25, 0.3) is 0 Å². The van der Waals surface area contributed by atoms with Crippen molar-refractivity contribution in [1.82, 2.24) is 0 Å². The Bertz CT molecular complexity index is 3480. The van der Waals surface area contributed by atoms with Gasteiger partial charge in [0.1, 0.15) is 135 Å². The summed E-state index contributed by atoms with van der Waals surface area (Å²) in [5.74, 6) is -6.23. The number of hydrogen-bond donors (Lipinski definition) is 16. The van der Waals surface area contributed by atoms with Crippen molar-refractivity contribution in [2.45, 2.75) is 349 Å². The minimum absolute atomic E-state index is 0.109. The second-order valence-corrected chi connectivity index (χ2v) is 35.3. The Morgan fingerprint density at radius 1 is 0.478 bits per heavy atom. The first-order chi connectivity index (χ1) is 53.9. The van der Waals surface area contributed by atoms with Gasteiger partial charge in [-0.3, -0.25) is 19.2 Å². The van der Waals surface area contributed by atoms with Crippen LogP contribution in [0.2, 0.25) is 0 Å². The summed E-state index contributed by atoms with van der Waals surface area (Å²) in [4.78, 5) is 82.0. The predicted octanol–water partition coefficient (Wildman–Crippen LogP) is -4.25. The third kappa shape index (κ3) is 16.6. The second kappa shape index (κ2) is 34.5. The number of rotatable bonds is 21. The summed E-state index contributed by atoms with van der Waals surface area (Å²) in [6, 6.07) is 0. The molecule has 0 amide bonds. The van der Waals surface area contributed by atoms with Crippen molar-refractivity contribution in [2.75, 3.05) is 26.4 Å². The Labute approximate surface area is 662 Å². The van der Waals surface area contributed by atoms with Gasteiger partial charge in [0, 0.05) is 20.8 Å².